The third-order valence-corrected chi connectivity index (χ3v) is 6.76. The molecule has 1 aliphatic heterocycles. The van der Waals surface area contributed by atoms with Crippen molar-refractivity contribution in [3.8, 4) is 5.69 Å². The van der Waals surface area contributed by atoms with Gasteiger partial charge in [0.2, 0.25) is 0 Å². The van der Waals surface area contributed by atoms with Crippen LogP contribution < -0.4 is 4.31 Å². The SMILES string of the molecule is Cc1ccc(S(=O)(=O)N2C=Cc3cc4ccccc4n3-c3ccccc32)cc1. The Bertz CT molecular complexity index is 1330. The van der Waals surface area contributed by atoms with Crippen LogP contribution in [0.1, 0.15) is 11.3 Å². The molecule has 0 saturated carbocycles. The minimum absolute atomic E-state index is 0.272. The number of nitrogens with zero attached hydrogens (tertiary/aromatic N) is 2. The number of para-hydroxylation sites is 3. The lowest BCUT2D eigenvalue weighted by Crippen LogP contribution is -2.26. The average Bonchev–Trinajstić information content (AvgIpc) is 2.98. The van der Waals surface area contributed by atoms with Crippen LogP contribution in [-0.4, -0.2) is 13.0 Å². The maximum Gasteiger partial charge on any atom is 0.268 e. The first-order valence-corrected chi connectivity index (χ1v) is 10.5. The van der Waals surface area contributed by atoms with Crippen molar-refractivity contribution in [2.24, 2.45) is 0 Å². The van der Waals surface area contributed by atoms with Crippen LogP contribution in [0, 0.1) is 6.92 Å². The van der Waals surface area contributed by atoms with E-state index >= 15 is 0 Å². The van der Waals surface area contributed by atoms with Gasteiger partial charge in [-0.3, -0.25) is 0 Å². The van der Waals surface area contributed by atoms with Crippen molar-refractivity contribution < 1.29 is 8.42 Å². The maximum atomic E-state index is 13.4. The Morgan fingerprint density at radius 3 is 2.25 bits per heavy atom. The maximum absolute atomic E-state index is 13.4. The normalized spacial score (nSPS) is 13.2. The van der Waals surface area contributed by atoms with Crippen LogP contribution in [0.25, 0.3) is 22.7 Å². The molecule has 0 N–H and O–H groups in total. The van der Waals surface area contributed by atoms with Crippen LogP contribution in [0.15, 0.2) is 90.0 Å². The molecule has 5 rings (SSSR count). The van der Waals surface area contributed by atoms with E-state index in [1.54, 1.807) is 18.3 Å². The Morgan fingerprint density at radius 2 is 1.46 bits per heavy atom. The minimum Gasteiger partial charge on any atom is -0.308 e. The summed E-state index contributed by atoms with van der Waals surface area (Å²) in [4.78, 5) is 0.272. The Kier molecular flexibility index (Phi) is 3.67. The summed E-state index contributed by atoms with van der Waals surface area (Å²) < 4.78 is 30.3. The van der Waals surface area contributed by atoms with Gasteiger partial charge >= 0.3 is 0 Å². The highest BCUT2D eigenvalue weighted by atomic mass is 32.2. The van der Waals surface area contributed by atoms with Gasteiger partial charge in [0.15, 0.2) is 0 Å². The summed E-state index contributed by atoms with van der Waals surface area (Å²) in [6.07, 6.45) is 3.50. The predicted octanol–water partition coefficient (Wildman–Crippen LogP) is 5.12. The molecule has 0 fully saturated rings. The van der Waals surface area contributed by atoms with Crippen molar-refractivity contribution in [2.45, 2.75) is 11.8 Å². The van der Waals surface area contributed by atoms with E-state index in [0.717, 1.165) is 27.8 Å². The summed E-state index contributed by atoms with van der Waals surface area (Å²) in [6, 6.07) is 24.7. The van der Waals surface area contributed by atoms with Crippen LogP contribution >= 0.6 is 0 Å². The molecule has 0 unspecified atom stereocenters. The van der Waals surface area contributed by atoms with Gasteiger partial charge in [-0.05, 0) is 49.4 Å². The molecule has 3 aromatic carbocycles. The molecule has 5 heteroatoms. The van der Waals surface area contributed by atoms with Crippen molar-refractivity contribution in [3.05, 3.63) is 96.3 Å². The fourth-order valence-corrected chi connectivity index (χ4v) is 5.01. The minimum atomic E-state index is -3.73. The zero-order chi connectivity index (χ0) is 19.3. The number of sulfonamides is 1. The fraction of sp³-hybridized carbons (Fsp3) is 0.0435. The van der Waals surface area contributed by atoms with Crippen LogP contribution in [0.5, 0.6) is 0 Å². The molecular formula is C23H18N2O2S. The highest BCUT2D eigenvalue weighted by Gasteiger charge is 2.28. The first kappa shape index (κ1) is 16.8. The van der Waals surface area contributed by atoms with E-state index in [4.69, 9.17) is 0 Å². The Labute approximate surface area is 164 Å². The van der Waals surface area contributed by atoms with Crippen molar-refractivity contribution in [3.63, 3.8) is 0 Å². The summed E-state index contributed by atoms with van der Waals surface area (Å²) >= 11 is 0. The molecule has 0 radical (unpaired) electrons. The number of anilines is 1. The van der Waals surface area contributed by atoms with Crippen LogP contribution in [0.4, 0.5) is 5.69 Å². The first-order valence-electron chi connectivity index (χ1n) is 9.05. The molecule has 0 atom stereocenters. The van der Waals surface area contributed by atoms with Gasteiger partial charge in [0.25, 0.3) is 10.0 Å². The number of aromatic nitrogens is 1. The summed E-state index contributed by atoms with van der Waals surface area (Å²) in [7, 11) is -3.73. The largest absolute Gasteiger partial charge is 0.308 e. The number of hydrogen-bond acceptors (Lipinski definition) is 2. The van der Waals surface area contributed by atoms with E-state index in [1.165, 1.54) is 4.31 Å². The summed E-state index contributed by atoms with van der Waals surface area (Å²) in [5.74, 6) is 0. The fourth-order valence-electron chi connectivity index (χ4n) is 3.67. The molecule has 0 saturated heterocycles. The van der Waals surface area contributed by atoms with Crippen molar-refractivity contribution >= 4 is 32.7 Å². The average molecular weight is 386 g/mol. The topological polar surface area (TPSA) is 42.3 Å². The second kappa shape index (κ2) is 6.11. The van der Waals surface area contributed by atoms with E-state index in [1.807, 2.05) is 67.6 Å². The number of aryl methyl sites for hydroxylation is 1. The van der Waals surface area contributed by atoms with E-state index in [-0.39, 0.29) is 4.90 Å². The van der Waals surface area contributed by atoms with Gasteiger partial charge in [-0.2, -0.15) is 0 Å². The second-order valence-electron chi connectivity index (χ2n) is 6.88. The Balaban J connectivity index is 1.76. The molecule has 4 aromatic rings. The third-order valence-electron chi connectivity index (χ3n) is 5.06. The molecule has 0 amide bonds. The van der Waals surface area contributed by atoms with Crippen molar-refractivity contribution in [2.75, 3.05) is 4.31 Å². The molecule has 0 aliphatic carbocycles. The molecule has 28 heavy (non-hydrogen) atoms. The zero-order valence-corrected chi connectivity index (χ0v) is 16.1. The molecule has 1 aromatic heterocycles. The standard InChI is InChI=1S/C23H18N2O2S/c1-17-10-12-20(13-11-17)28(26,27)24-15-14-19-16-18-6-2-3-7-21(18)25(19)23-9-5-4-8-22(23)24/h2-16H,1H3. The molecule has 138 valence electrons. The van der Waals surface area contributed by atoms with E-state index in [0.29, 0.717) is 5.69 Å². The number of benzene rings is 3. The number of fused-ring (bicyclic) bond motifs is 5. The van der Waals surface area contributed by atoms with Crippen LogP contribution in [-0.2, 0) is 10.0 Å². The summed E-state index contributed by atoms with van der Waals surface area (Å²) in [5, 5.41) is 1.12. The van der Waals surface area contributed by atoms with E-state index in [9.17, 15) is 8.42 Å². The van der Waals surface area contributed by atoms with Crippen molar-refractivity contribution in [1.82, 2.24) is 4.57 Å². The highest BCUT2D eigenvalue weighted by Crippen LogP contribution is 2.36. The first-order chi connectivity index (χ1) is 13.6. The third kappa shape index (κ3) is 2.47. The van der Waals surface area contributed by atoms with Gasteiger partial charge in [0, 0.05) is 17.3 Å². The molecule has 0 bridgehead atoms. The lowest BCUT2D eigenvalue weighted by Gasteiger charge is -2.22. The van der Waals surface area contributed by atoms with Gasteiger partial charge in [-0.1, -0.05) is 48.0 Å². The van der Waals surface area contributed by atoms with Crippen molar-refractivity contribution in [1.29, 1.82) is 0 Å². The van der Waals surface area contributed by atoms with E-state index in [2.05, 4.69) is 16.7 Å². The predicted molar refractivity (Wildman–Crippen MR) is 113 cm³/mol. The summed E-state index contributed by atoms with van der Waals surface area (Å²) in [6.45, 7) is 1.94. The van der Waals surface area contributed by atoms with E-state index < -0.39 is 10.0 Å². The molecule has 2 heterocycles. The number of rotatable bonds is 2. The molecule has 1 aliphatic rings. The van der Waals surface area contributed by atoms with Gasteiger partial charge in [-0.15, -0.1) is 0 Å². The molecular weight excluding hydrogens is 368 g/mol. The van der Waals surface area contributed by atoms with Crippen LogP contribution in [0.2, 0.25) is 0 Å². The molecule has 0 spiro atoms. The smallest absolute Gasteiger partial charge is 0.268 e. The number of hydrogen-bond donors (Lipinski definition) is 0. The second-order valence-corrected chi connectivity index (χ2v) is 8.70. The lowest BCUT2D eigenvalue weighted by atomic mass is 10.2. The molecule has 4 nitrogen and oxygen atoms in total. The monoisotopic (exact) mass is 386 g/mol. The Hall–Kier alpha value is -3.31. The zero-order valence-electron chi connectivity index (χ0n) is 15.3. The van der Waals surface area contributed by atoms with Gasteiger partial charge < -0.3 is 4.57 Å². The lowest BCUT2D eigenvalue weighted by molar-refractivity contribution is 0.596. The highest BCUT2D eigenvalue weighted by molar-refractivity contribution is 7.93. The van der Waals surface area contributed by atoms with Gasteiger partial charge in [-0.25, -0.2) is 12.7 Å². The van der Waals surface area contributed by atoms with Gasteiger partial charge in [0.1, 0.15) is 0 Å². The van der Waals surface area contributed by atoms with Gasteiger partial charge in [0.05, 0.1) is 21.8 Å². The summed E-state index contributed by atoms with van der Waals surface area (Å²) in [5.41, 5.74) is 4.46. The quantitative estimate of drug-likeness (QED) is 0.480. The van der Waals surface area contributed by atoms with Crippen LogP contribution in [0.3, 0.4) is 0 Å². The Morgan fingerprint density at radius 1 is 0.786 bits per heavy atom.